The van der Waals surface area contributed by atoms with E-state index in [4.69, 9.17) is 11.6 Å². The molecule has 2 aromatic rings. The Hall–Kier alpha value is -0.810. The highest BCUT2D eigenvalue weighted by atomic mass is 35.5. The van der Waals surface area contributed by atoms with Gasteiger partial charge in [0, 0.05) is 11.8 Å². The third-order valence-corrected chi connectivity index (χ3v) is 3.93. The summed E-state index contributed by atoms with van der Waals surface area (Å²) in [7, 11) is 0. The van der Waals surface area contributed by atoms with Gasteiger partial charge in [-0.2, -0.15) is 0 Å². The number of aromatic nitrogens is 4. The molecule has 0 fully saturated rings. The lowest BCUT2D eigenvalue weighted by Crippen LogP contribution is -2.03. The fourth-order valence-corrected chi connectivity index (χ4v) is 3.14. The summed E-state index contributed by atoms with van der Waals surface area (Å²) in [6.45, 7) is 4.01. The van der Waals surface area contributed by atoms with Gasteiger partial charge in [0.2, 0.25) is 0 Å². The third kappa shape index (κ3) is 1.26. The van der Waals surface area contributed by atoms with Crippen LogP contribution in [0, 0.1) is 6.92 Å². The lowest BCUT2D eigenvalue weighted by molar-refractivity contribution is 0.596. The van der Waals surface area contributed by atoms with Gasteiger partial charge < -0.3 is 0 Å². The molecule has 0 saturated heterocycles. The van der Waals surface area contributed by atoms with E-state index in [0.717, 1.165) is 22.1 Å². The van der Waals surface area contributed by atoms with E-state index in [0.29, 0.717) is 17.0 Å². The van der Waals surface area contributed by atoms with Crippen molar-refractivity contribution in [1.29, 1.82) is 0 Å². The number of aryl methyl sites for hydroxylation is 1. The first kappa shape index (κ1) is 9.42. The number of hydrogen-bond acceptors (Lipinski definition) is 4. The Labute approximate surface area is 96.1 Å². The second kappa shape index (κ2) is 3.09. The van der Waals surface area contributed by atoms with Crippen molar-refractivity contribution in [3.05, 3.63) is 11.0 Å². The number of halogens is 1. The minimum atomic E-state index is 0.431. The van der Waals surface area contributed by atoms with Crippen LogP contribution in [0.1, 0.15) is 18.8 Å². The lowest BCUT2D eigenvalue weighted by Gasteiger charge is -2.05. The van der Waals surface area contributed by atoms with E-state index >= 15 is 0 Å². The van der Waals surface area contributed by atoms with Gasteiger partial charge in [-0.3, -0.25) is 4.57 Å². The molecule has 0 bridgehead atoms. The Morgan fingerprint density at radius 1 is 1.40 bits per heavy atom. The van der Waals surface area contributed by atoms with Crippen LogP contribution in [0.5, 0.6) is 0 Å². The summed E-state index contributed by atoms with van der Waals surface area (Å²) in [6.07, 6.45) is 0. The van der Waals surface area contributed by atoms with E-state index < -0.39 is 0 Å². The maximum atomic E-state index is 6.04. The highest BCUT2D eigenvalue weighted by Crippen LogP contribution is 2.36. The molecule has 0 aromatic carbocycles. The highest BCUT2D eigenvalue weighted by Gasteiger charge is 2.25. The van der Waals surface area contributed by atoms with E-state index in [1.165, 1.54) is 0 Å². The summed E-state index contributed by atoms with van der Waals surface area (Å²) >= 11 is 7.78. The lowest BCUT2D eigenvalue weighted by atomic mass is 10.4. The van der Waals surface area contributed by atoms with E-state index in [2.05, 4.69) is 26.4 Å². The van der Waals surface area contributed by atoms with Crippen molar-refractivity contribution < 1.29 is 0 Å². The standard InChI is InChI=1S/C9H9ClN4S/c1-4-3-15-9-13-6-7(10)11-5(2)12-8(6)14(4)9/h4H,3H2,1-2H3/t4-/m1/s1. The molecule has 2 aromatic heterocycles. The fourth-order valence-electron chi connectivity index (χ4n) is 1.79. The van der Waals surface area contributed by atoms with Gasteiger partial charge in [-0.15, -0.1) is 0 Å². The zero-order valence-electron chi connectivity index (χ0n) is 8.36. The van der Waals surface area contributed by atoms with Gasteiger partial charge in [0.25, 0.3) is 0 Å². The van der Waals surface area contributed by atoms with Gasteiger partial charge in [0.05, 0.1) is 0 Å². The van der Waals surface area contributed by atoms with Crippen molar-refractivity contribution in [3.8, 4) is 0 Å². The van der Waals surface area contributed by atoms with Crippen molar-refractivity contribution >= 4 is 34.5 Å². The highest BCUT2D eigenvalue weighted by molar-refractivity contribution is 7.99. The van der Waals surface area contributed by atoms with Gasteiger partial charge in [-0.05, 0) is 13.8 Å². The van der Waals surface area contributed by atoms with Crippen LogP contribution in [-0.4, -0.2) is 25.3 Å². The average molecular weight is 241 g/mol. The van der Waals surface area contributed by atoms with Crippen LogP contribution < -0.4 is 0 Å². The summed E-state index contributed by atoms with van der Waals surface area (Å²) < 4.78 is 2.14. The molecule has 78 valence electrons. The molecule has 0 radical (unpaired) electrons. The van der Waals surface area contributed by atoms with Crippen LogP contribution in [0.25, 0.3) is 11.2 Å². The molecule has 0 saturated carbocycles. The summed E-state index contributed by atoms with van der Waals surface area (Å²) in [4.78, 5) is 13.0. The first-order valence-electron chi connectivity index (χ1n) is 4.71. The first-order valence-corrected chi connectivity index (χ1v) is 6.08. The Morgan fingerprint density at radius 2 is 2.20 bits per heavy atom. The smallest absolute Gasteiger partial charge is 0.170 e. The van der Waals surface area contributed by atoms with Crippen LogP contribution in [0.2, 0.25) is 5.15 Å². The molecule has 1 atom stereocenters. The fraction of sp³-hybridized carbons (Fsp3) is 0.444. The van der Waals surface area contributed by atoms with Gasteiger partial charge in [-0.1, -0.05) is 23.4 Å². The first-order chi connectivity index (χ1) is 7.16. The van der Waals surface area contributed by atoms with Crippen molar-refractivity contribution in [3.63, 3.8) is 0 Å². The molecule has 15 heavy (non-hydrogen) atoms. The number of rotatable bonds is 0. The molecule has 0 N–H and O–H groups in total. The average Bonchev–Trinajstić information content (AvgIpc) is 2.68. The normalized spacial score (nSPS) is 19.8. The third-order valence-electron chi connectivity index (χ3n) is 2.47. The largest absolute Gasteiger partial charge is 0.300 e. The number of imidazole rings is 1. The summed E-state index contributed by atoms with van der Waals surface area (Å²) in [5.74, 6) is 1.75. The van der Waals surface area contributed by atoms with Gasteiger partial charge >= 0.3 is 0 Å². The Bertz CT molecular complexity index is 551. The number of fused-ring (bicyclic) bond motifs is 3. The molecule has 3 heterocycles. The number of nitrogens with zero attached hydrogens (tertiary/aromatic N) is 4. The van der Waals surface area contributed by atoms with E-state index in [-0.39, 0.29) is 0 Å². The van der Waals surface area contributed by atoms with Crippen molar-refractivity contribution in [1.82, 2.24) is 19.5 Å². The molecule has 0 unspecified atom stereocenters. The van der Waals surface area contributed by atoms with Crippen molar-refractivity contribution in [2.24, 2.45) is 0 Å². The molecule has 4 nitrogen and oxygen atoms in total. The quantitative estimate of drug-likeness (QED) is 0.664. The van der Waals surface area contributed by atoms with Crippen LogP contribution in [0.15, 0.2) is 5.16 Å². The zero-order chi connectivity index (χ0) is 10.6. The van der Waals surface area contributed by atoms with Crippen molar-refractivity contribution in [2.75, 3.05) is 5.75 Å². The van der Waals surface area contributed by atoms with Gasteiger partial charge in [0.1, 0.15) is 11.3 Å². The van der Waals surface area contributed by atoms with Gasteiger partial charge in [-0.25, -0.2) is 15.0 Å². The second-order valence-corrected chi connectivity index (χ2v) is 5.00. The Kier molecular flexibility index (Phi) is 1.94. The van der Waals surface area contributed by atoms with E-state index in [9.17, 15) is 0 Å². The maximum Gasteiger partial charge on any atom is 0.170 e. The molecule has 1 aliphatic heterocycles. The minimum Gasteiger partial charge on any atom is -0.300 e. The topological polar surface area (TPSA) is 43.6 Å². The minimum absolute atomic E-state index is 0.431. The Morgan fingerprint density at radius 3 is 3.00 bits per heavy atom. The maximum absolute atomic E-state index is 6.04. The molecule has 6 heteroatoms. The number of thioether (sulfide) groups is 1. The summed E-state index contributed by atoms with van der Waals surface area (Å²) in [6, 6.07) is 0.431. The second-order valence-electron chi connectivity index (χ2n) is 3.66. The van der Waals surface area contributed by atoms with Gasteiger partial charge in [0.15, 0.2) is 16.0 Å². The van der Waals surface area contributed by atoms with E-state index in [1.807, 2.05) is 6.92 Å². The predicted molar refractivity (Wildman–Crippen MR) is 60.5 cm³/mol. The van der Waals surface area contributed by atoms with Crippen LogP contribution in [0.3, 0.4) is 0 Å². The van der Waals surface area contributed by atoms with E-state index in [1.54, 1.807) is 11.8 Å². The molecule has 0 aliphatic carbocycles. The van der Waals surface area contributed by atoms with Crippen LogP contribution in [0.4, 0.5) is 0 Å². The summed E-state index contributed by atoms with van der Waals surface area (Å²) in [5.41, 5.74) is 1.58. The van der Waals surface area contributed by atoms with Crippen LogP contribution >= 0.6 is 23.4 Å². The molecule has 1 aliphatic rings. The summed E-state index contributed by atoms with van der Waals surface area (Å²) in [5, 5.41) is 1.45. The predicted octanol–water partition coefficient (Wildman–Crippen LogP) is 2.45. The zero-order valence-corrected chi connectivity index (χ0v) is 9.93. The van der Waals surface area contributed by atoms with Crippen LogP contribution in [-0.2, 0) is 0 Å². The van der Waals surface area contributed by atoms with Crippen molar-refractivity contribution in [2.45, 2.75) is 25.0 Å². The molecular weight excluding hydrogens is 232 g/mol. The molecule has 0 amide bonds. The molecular formula is C9H9ClN4S. The number of hydrogen-bond donors (Lipinski definition) is 0. The Balaban J connectivity index is 2.41. The SMILES string of the molecule is Cc1nc(Cl)c2nc3n(c2n1)[C@H](C)CS3. The monoisotopic (exact) mass is 240 g/mol. The molecule has 0 spiro atoms. The molecule has 3 rings (SSSR count).